The first-order chi connectivity index (χ1) is 13.5. The van der Waals surface area contributed by atoms with E-state index in [1.807, 2.05) is 13.8 Å². The van der Waals surface area contributed by atoms with E-state index in [0.29, 0.717) is 23.6 Å². The number of hydrogen-bond donors (Lipinski definition) is 1. The Morgan fingerprint density at radius 2 is 1.61 bits per heavy atom. The van der Waals surface area contributed by atoms with E-state index < -0.39 is 6.04 Å². The van der Waals surface area contributed by atoms with Gasteiger partial charge in [-0.1, -0.05) is 89.5 Å². The number of amides is 1. The minimum Gasteiger partial charge on any atom is -0.464 e. The molecule has 0 heterocycles. The SMILES string of the molecule is CCCCCCCCCCOC(=O)C(CC(C)C)NC(=O)c1ccccc1Cl. The Labute approximate surface area is 175 Å². The van der Waals surface area contributed by atoms with Gasteiger partial charge >= 0.3 is 5.97 Å². The fourth-order valence-corrected chi connectivity index (χ4v) is 3.30. The van der Waals surface area contributed by atoms with Crippen LogP contribution in [0.15, 0.2) is 24.3 Å². The molecule has 1 unspecified atom stereocenters. The number of esters is 1. The molecule has 0 saturated carbocycles. The molecule has 0 spiro atoms. The largest absolute Gasteiger partial charge is 0.464 e. The van der Waals surface area contributed by atoms with Crippen molar-refractivity contribution in [3.05, 3.63) is 34.9 Å². The highest BCUT2D eigenvalue weighted by Crippen LogP contribution is 2.16. The molecule has 1 aromatic rings. The molecule has 1 rings (SSSR count). The van der Waals surface area contributed by atoms with Crippen LogP contribution in [0.3, 0.4) is 0 Å². The fourth-order valence-electron chi connectivity index (χ4n) is 3.08. The summed E-state index contributed by atoms with van der Waals surface area (Å²) in [5.41, 5.74) is 0.369. The smallest absolute Gasteiger partial charge is 0.328 e. The first-order valence-corrected chi connectivity index (χ1v) is 11.1. The lowest BCUT2D eigenvalue weighted by Crippen LogP contribution is -2.42. The Balaban J connectivity index is 2.39. The quantitative estimate of drug-likeness (QED) is 0.295. The van der Waals surface area contributed by atoms with Gasteiger partial charge in [0, 0.05) is 0 Å². The molecule has 0 radical (unpaired) electrons. The number of carbonyl (C=O) groups is 2. The van der Waals surface area contributed by atoms with Crippen LogP contribution >= 0.6 is 11.6 Å². The highest BCUT2D eigenvalue weighted by Gasteiger charge is 2.24. The molecule has 1 amide bonds. The summed E-state index contributed by atoms with van der Waals surface area (Å²) < 4.78 is 5.43. The van der Waals surface area contributed by atoms with Gasteiger partial charge in [0.15, 0.2) is 0 Å². The molecule has 158 valence electrons. The molecule has 0 aromatic heterocycles. The average molecular weight is 410 g/mol. The van der Waals surface area contributed by atoms with Gasteiger partial charge in [0.05, 0.1) is 17.2 Å². The van der Waals surface area contributed by atoms with Crippen molar-refractivity contribution in [2.24, 2.45) is 5.92 Å². The molecule has 0 fully saturated rings. The standard InChI is InChI=1S/C23H36ClNO3/c1-4-5-6-7-8-9-10-13-16-28-23(27)21(17-18(2)3)25-22(26)19-14-11-12-15-20(19)24/h11-12,14-15,18,21H,4-10,13,16-17H2,1-3H3,(H,25,26). The maximum Gasteiger partial charge on any atom is 0.328 e. The van der Waals surface area contributed by atoms with E-state index in [1.165, 1.54) is 38.5 Å². The second-order valence-electron chi connectivity index (χ2n) is 7.78. The van der Waals surface area contributed by atoms with Crippen LogP contribution in [-0.4, -0.2) is 24.5 Å². The van der Waals surface area contributed by atoms with Gasteiger partial charge in [-0.25, -0.2) is 4.79 Å². The lowest BCUT2D eigenvalue weighted by atomic mass is 10.0. The Kier molecular flexibility index (Phi) is 12.6. The molecular weight excluding hydrogens is 374 g/mol. The molecule has 1 aromatic carbocycles. The number of ether oxygens (including phenoxy) is 1. The van der Waals surface area contributed by atoms with E-state index >= 15 is 0 Å². The number of nitrogens with one attached hydrogen (secondary N) is 1. The van der Waals surface area contributed by atoms with Crippen molar-refractivity contribution >= 4 is 23.5 Å². The normalized spacial score (nSPS) is 12.0. The maximum absolute atomic E-state index is 12.5. The summed E-state index contributed by atoms with van der Waals surface area (Å²) >= 11 is 6.08. The summed E-state index contributed by atoms with van der Waals surface area (Å²) in [6, 6.07) is 6.17. The van der Waals surface area contributed by atoms with Crippen LogP contribution in [0.2, 0.25) is 5.02 Å². The minimum atomic E-state index is -0.655. The zero-order chi connectivity index (χ0) is 20.8. The predicted octanol–water partition coefficient (Wildman–Crippen LogP) is 6.17. The van der Waals surface area contributed by atoms with Crippen LogP contribution in [0.4, 0.5) is 0 Å². The van der Waals surface area contributed by atoms with Gasteiger partial charge in [-0.2, -0.15) is 0 Å². The van der Waals surface area contributed by atoms with E-state index in [4.69, 9.17) is 16.3 Å². The van der Waals surface area contributed by atoms with E-state index in [9.17, 15) is 9.59 Å². The Bertz CT molecular complexity index is 589. The first-order valence-electron chi connectivity index (χ1n) is 10.7. The Morgan fingerprint density at radius 3 is 2.21 bits per heavy atom. The fraction of sp³-hybridized carbons (Fsp3) is 0.652. The number of rotatable bonds is 14. The Morgan fingerprint density at radius 1 is 1.00 bits per heavy atom. The van der Waals surface area contributed by atoms with E-state index in [2.05, 4.69) is 12.2 Å². The van der Waals surface area contributed by atoms with Gasteiger partial charge in [-0.3, -0.25) is 4.79 Å². The number of hydrogen-bond acceptors (Lipinski definition) is 3. The highest BCUT2D eigenvalue weighted by molar-refractivity contribution is 6.33. The second kappa shape index (κ2) is 14.4. The van der Waals surface area contributed by atoms with Crippen LogP contribution in [-0.2, 0) is 9.53 Å². The monoisotopic (exact) mass is 409 g/mol. The van der Waals surface area contributed by atoms with Crippen molar-refractivity contribution in [2.45, 2.75) is 84.6 Å². The van der Waals surface area contributed by atoms with Crippen LogP contribution in [0, 0.1) is 5.92 Å². The minimum absolute atomic E-state index is 0.257. The predicted molar refractivity (Wildman–Crippen MR) is 116 cm³/mol. The molecule has 0 aliphatic rings. The zero-order valence-electron chi connectivity index (χ0n) is 17.6. The number of unbranched alkanes of at least 4 members (excludes halogenated alkanes) is 7. The van der Waals surface area contributed by atoms with Crippen molar-refractivity contribution in [1.82, 2.24) is 5.32 Å². The molecule has 5 heteroatoms. The van der Waals surface area contributed by atoms with Gasteiger partial charge in [-0.05, 0) is 30.9 Å². The first kappa shape index (κ1) is 24.5. The van der Waals surface area contributed by atoms with Crippen molar-refractivity contribution in [3.63, 3.8) is 0 Å². The lowest BCUT2D eigenvalue weighted by Gasteiger charge is -2.19. The second-order valence-corrected chi connectivity index (χ2v) is 8.19. The molecule has 0 aliphatic heterocycles. The van der Waals surface area contributed by atoms with Gasteiger partial charge in [0.2, 0.25) is 0 Å². The molecule has 0 aliphatic carbocycles. The average Bonchev–Trinajstić information content (AvgIpc) is 2.66. The number of benzene rings is 1. The van der Waals surface area contributed by atoms with E-state index in [-0.39, 0.29) is 17.8 Å². The van der Waals surface area contributed by atoms with Crippen LogP contribution in [0.1, 0.15) is 88.9 Å². The number of carbonyl (C=O) groups excluding carboxylic acids is 2. The number of halogens is 1. The molecule has 1 N–H and O–H groups in total. The highest BCUT2D eigenvalue weighted by atomic mass is 35.5. The third-order valence-corrected chi connectivity index (χ3v) is 4.99. The third kappa shape index (κ3) is 10.1. The Hall–Kier alpha value is -1.55. The third-order valence-electron chi connectivity index (χ3n) is 4.66. The van der Waals surface area contributed by atoms with Gasteiger partial charge in [-0.15, -0.1) is 0 Å². The van der Waals surface area contributed by atoms with Crippen molar-refractivity contribution < 1.29 is 14.3 Å². The van der Waals surface area contributed by atoms with Crippen molar-refractivity contribution in [1.29, 1.82) is 0 Å². The van der Waals surface area contributed by atoms with Gasteiger partial charge < -0.3 is 10.1 Å². The summed E-state index contributed by atoms with van der Waals surface area (Å²) in [5.74, 6) is -0.454. The molecule has 4 nitrogen and oxygen atoms in total. The van der Waals surface area contributed by atoms with Crippen molar-refractivity contribution in [3.8, 4) is 0 Å². The summed E-state index contributed by atoms with van der Waals surface area (Å²) in [4.78, 5) is 24.9. The summed E-state index contributed by atoms with van der Waals surface area (Å²) in [7, 11) is 0. The molecular formula is C23H36ClNO3. The topological polar surface area (TPSA) is 55.4 Å². The van der Waals surface area contributed by atoms with Crippen molar-refractivity contribution in [2.75, 3.05) is 6.61 Å². The maximum atomic E-state index is 12.5. The lowest BCUT2D eigenvalue weighted by molar-refractivity contribution is -0.146. The van der Waals surface area contributed by atoms with Gasteiger partial charge in [0.25, 0.3) is 5.91 Å². The molecule has 1 atom stereocenters. The summed E-state index contributed by atoms with van der Waals surface area (Å²) in [6.45, 7) is 6.66. The van der Waals surface area contributed by atoms with E-state index in [1.54, 1.807) is 24.3 Å². The molecule has 0 saturated heterocycles. The summed E-state index contributed by atoms with van der Waals surface area (Å²) in [5, 5.41) is 3.16. The molecule has 0 bridgehead atoms. The zero-order valence-corrected chi connectivity index (χ0v) is 18.4. The van der Waals surface area contributed by atoms with Crippen LogP contribution in [0.25, 0.3) is 0 Å². The molecule has 28 heavy (non-hydrogen) atoms. The van der Waals surface area contributed by atoms with Crippen LogP contribution in [0.5, 0.6) is 0 Å². The van der Waals surface area contributed by atoms with Gasteiger partial charge in [0.1, 0.15) is 6.04 Å². The van der Waals surface area contributed by atoms with E-state index in [0.717, 1.165) is 12.8 Å². The summed E-state index contributed by atoms with van der Waals surface area (Å²) in [6.07, 6.45) is 10.1. The van der Waals surface area contributed by atoms with Crippen LogP contribution < -0.4 is 5.32 Å².